The number of imidazole rings is 1. The molecule has 7 heteroatoms. The number of anilines is 1. The molecule has 21 heavy (non-hydrogen) atoms. The number of benzene rings is 1. The van der Waals surface area contributed by atoms with Crippen molar-refractivity contribution < 1.29 is 9.18 Å². The monoisotopic (exact) mass is 367 g/mol. The van der Waals surface area contributed by atoms with Crippen molar-refractivity contribution in [2.45, 2.75) is 0 Å². The van der Waals surface area contributed by atoms with Crippen LogP contribution in [0, 0.1) is 5.82 Å². The van der Waals surface area contributed by atoms with Crippen LogP contribution < -0.4 is 5.32 Å². The number of halogens is 3. The minimum absolute atomic E-state index is 0.0274. The first-order valence-electron chi connectivity index (χ1n) is 5.93. The first kappa shape index (κ1) is 14.0. The molecule has 3 rings (SSSR count). The number of carbonyl (C=O) groups is 1. The molecular formula is C14H8BrClFN3O. The average molecular weight is 369 g/mol. The van der Waals surface area contributed by atoms with E-state index in [1.54, 1.807) is 22.7 Å². The van der Waals surface area contributed by atoms with Crippen molar-refractivity contribution in [1.82, 2.24) is 9.38 Å². The molecule has 106 valence electrons. The van der Waals surface area contributed by atoms with Gasteiger partial charge in [0.15, 0.2) is 0 Å². The fourth-order valence-corrected chi connectivity index (χ4v) is 2.40. The third-order valence-electron chi connectivity index (χ3n) is 2.88. The molecule has 0 aliphatic rings. The molecule has 0 aliphatic carbocycles. The normalized spacial score (nSPS) is 10.8. The number of aromatic nitrogens is 2. The second-order valence-corrected chi connectivity index (χ2v) is 5.65. The van der Waals surface area contributed by atoms with Gasteiger partial charge in [-0.1, -0.05) is 27.5 Å². The van der Waals surface area contributed by atoms with E-state index in [2.05, 4.69) is 26.2 Å². The van der Waals surface area contributed by atoms with E-state index in [0.29, 0.717) is 16.4 Å². The standard InChI is InChI=1S/C14H8BrClFN3O/c15-8-3-4-20-12(7-18-13(20)5-8)14(21)19-11-6-9(16)1-2-10(11)17/h1-7H,(H,19,21). The van der Waals surface area contributed by atoms with Gasteiger partial charge in [-0.15, -0.1) is 0 Å². The summed E-state index contributed by atoms with van der Waals surface area (Å²) in [6.45, 7) is 0. The zero-order chi connectivity index (χ0) is 15.0. The van der Waals surface area contributed by atoms with E-state index >= 15 is 0 Å². The number of nitrogens with zero attached hydrogens (tertiary/aromatic N) is 2. The number of carbonyl (C=O) groups excluding carboxylic acids is 1. The molecule has 0 aliphatic heterocycles. The van der Waals surface area contributed by atoms with Gasteiger partial charge in [-0.2, -0.15) is 0 Å². The van der Waals surface area contributed by atoms with Gasteiger partial charge in [0, 0.05) is 15.7 Å². The molecule has 0 radical (unpaired) electrons. The summed E-state index contributed by atoms with van der Waals surface area (Å²) in [5.74, 6) is -1.02. The summed E-state index contributed by atoms with van der Waals surface area (Å²) >= 11 is 9.13. The first-order chi connectivity index (χ1) is 10.0. The largest absolute Gasteiger partial charge is 0.318 e. The third kappa shape index (κ3) is 2.77. The molecule has 2 heterocycles. The number of amides is 1. The molecule has 0 saturated heterocycles. The van der Waals surface area contributed by atoms with Crippen molar-refractivity contribution in [2.24, 2.45) is 0 Å². The number of nitrogens with one attached hydrogen (secondary N) is 1. The van der Waals surface area contributed by atoms with E-state index in [0.717, 1.165) is 4.47 Å². The maximum Gasteiger partial charge on any atom is 0.274 e. The molecular weight excluding hydrogens is 361 g/mol. The zero-order valence-corrected chi connectivity index (χ0v) is 12.8. The summed E-state index contributed by atoms with van der Waals surface area (Å²) in [4.78, 5) is 16.4. The van der Waals surface area contributed by atoms with Gasteiger partial charge in [-0.05, 0) is 30.3 Å². The lowest BCUT2D eigenvalue weighted by molar-refractivity contribution is 0.102. The molecule has 1 aromatic carbocycles. The first-order valence-corrected chi connectivity index (χ1v) is 7.11. The lowest BCUT2D eigenvalue weighted by atomic mass is 10.3. The number of pyridine rings is 1. The quantitative estimate of drug-likeness (QED) is 0.739. The van der Waals surface area contributed by atoms with Crippen molar-refractivity contribution in [2.75, 3.05) is 5.32 Å². The van der Waals surface area contributed by atoms with Crippen LogP contribution in [0.4, 0.5) is 10.1 Å². The van der Waals surface area contributed by atoms with E-state index in [-0.39, 0.29) is 5.69 Å². The Morgan fingerprint density at radius 3 is 2.95 bits per heavy atom. The third-order valence-corrected chi connectivity index (χ3v) is 3.61. The molecule has 0 bridgehead atoms. The van der Waals surface area contributed by atoms with Crippen molar-refractivity contribution in [3.8, 4) is 0 Å². The lowest BCUT2D eigenvalue weighted by Gasteiger charge is -2.06. The second-order valence-electron chi connectivity index (χ2n) is 4.29. The van der Waals surface area contributed by atoms with Crippen molar-refractivity contribution in [1.29, 1.82) is 0 Å². The summed E-state index contributed by atoms with van der Waals surface area (Å²) < 4.78 is 16.1. The van der Waals surface area contributed by atoms with E-state index in [1.807, 2.05) is 0 Å². The van der Waals surface area contributed by atoms with E-state index in [1.165, 1.54) is 24.4 Å². The Morgan fingerprint density at radius 1 is 1.33 bits per heavy atom. The van der Waals surface area contributed by atoms with Gasteiger partial charge in [0.05, 0.1) is 11.9 Å². The Morgan fingerprint density at radius 2 is 2.14 bits per heavy atom. The van der Waals surface area contributed by atoms with Crippen LogP contribution in [0.2, 0.25) is 5.02 Å². The van der Waals surface area contributed by atoms with E-state index < -0.39 is 11.7 Å². The van der Waals surface area contributed by atoms with Crippen LogP contribution in [-0.4, -0.2) is 15.3 Å². The highest BCUT2D eigenvalue weighted by Gasteiger charge is 2.14. The van der Waals surface area contributed by atoms with Crippen LogP contribution in [-0.2, 0) is 0 Å². The molecule has 0 atom stereocenters. The van der Waals surface area contributed by atoms with Gasteiger partial charge in [0.25, 0.3) is 5.91 Å². The maximum absolute atomic E-state index is 13.6. The van der Waals surface area contributed by atoms with Gasteiger partial charge >= 0.3 is 0 Å². The van der Waals surface area contributed by atoms with Crippen LogP contribution in [0.25, 0.3) is 5.65 Å². The van der Waals surface area contributed by atoms with Gasteiger partial charge in [0.2, 0.25) is 0 Å². The highest BCUT2D eigenvalue weighted by Crippen LogP contribution is 2.21. The zero-order valence-electron chi connectivity index (χ0n) is 10.5. The molecule has 4 nitrogen and oxygen atoms in total. The van der Waals surface area contributed by atoms with Gasteiger partial charge in [-0.3, -0.25) is 9.20 Å². The van der Waals surface area contributed by atoms with Crippen molar-refractivity contribution in [3.63, 3.8) is 0 Å². The molecule has 1 amide bonds. The Balaban J connectivity index is 1.95. The maximum atomic E-state index is 13.6. The number of rotatable bonds is 2. The van der Waals surface area contributed by atoms with Gasteiger partial charge in [-0.25, -0.2) is 9.37 Å². The minimum atomic E-state index is -0.552. The summed E-state index contributed by atoms with van der Waals surface area (Å²) in [6, 6.07) is 7.53. The highest BCUT2D eigenvalue weighted by molar-refractivity contribution is 9.10. The average Bonchev–Trinajstić information content (AvgIpc) is 2.85. The van der Waals surface area contributed by atoms with E-state index in [9.17, 15) is 9.18 Å². The minimum Gasteiger partial charge on any atom is -0.318 e. The molecule has 0 fully saturated rings. The summed E-state index contributed by atoms with van der Waals surface area (Å²) in [6.07, 6.45) is 3.13. The fraction of sp³-hybridized carbons (Fsp3) is 0. The van der Waals surface area contributed by atoms with Crippen LogP contribution in [0.5, 0.6) is 0 Å². The molecule has 0 spiro atoms. The number of hydrogen-bond acceptors (Lipinski definition) is 2. The van der Waals surface area contributed by atoms with Gasteiger partial charge < -0.3 is 5.32 Å². The molecule has 3 aromatic rings. The van der Waals surface area contributed by atoms with Crippen LogP contribution in [0.3, 0.4) is 0 Å². The Bertz CT molecular complexity index is 849. The number of hydrogen-bond donors (Lipinski definition) is 1. The second kappa shape index (κ2) is 5.46. The summed E-state index contributed by atoms with van der Waals surface area (Å²) in [5, 5.41) is 2.83. The predicted octanol–water partition coefficient (Wildman–Crippen LogP) is 4.14. The molecule has 2 aromatic heterocycles. The summed E-state index contributed by atoms with van der Waals surface area (Å²) in [5.41, 5.74) is 0.942. The van der Waals surface area contributed by atoms with Crippen molar-refractivity contribution in [3.05, 3.63) is 63.7 Å². The molecule has 0 unspecified atom stereocenters. The van der Waals surface area contributed by atoms with Crippen LogP contribution in [0.15, 0.2) is 47.2 Å². The van der Waals surface area contributed by atoms with Crippen molar-refractivity contribution >= 4 is 44.8 Å². The predicted molar refractivity (Wildman–Crippen MR) is 82.3 cm³/mol. The molecule has 1 N–H and O–H groups in total. The topological polar surface area (TPSA) is 46.4 Å². The van der Waals surface area contributed by atoms with Crippen LogP contribution in [0.1, 0.15) is 10.5 Å². The van der Waals surface area contributed by atoms with E-state index in [4.69, 9.17) is 11.6 Å². The Kier molecular flexibility index (Phi) is 3.65. The highest BCUT2D eigenvalue weighted by atomic mass is 79.9. The Labute approximate surface area is 132 Å². The summed E-state index contributed by atoms with van der Waals surface area (Å²) in [7, 11) is 0. The molecule has 0 saturated carbocycles. The smallest absolute Gasteiger partial charge is 0.274 e. The SMILES string of the molecule is O=C(Nc1cc(Cl)ccc1F)c1cnc2cc(Br)ccn12. The Hall–Kier alpha value is -1.92. The lowest BCUT2D eigenvalue weighted by Crippen LogP contribution is -2.15. The van der Waals surface area contributed by atoms with Gasteiger partial charge in [0.1, 0.15) is 17.2 Å². The number of fused-ring (bicyclic) bond motifs is 1. The van der Waals surface area contributed by atoms with Crippen LogP contribution >= 0.6 is 27.5 Å². The fourth-order valence-electron chi connectivity index (χ4n) is 1.90.